The van der Waals surface area contributed by atoms with Crippen LogP contribution < -0.4 is 0 Å². The van der Waals surface area contributed by atoms with E-state index in [4.69, 9.17) is 9.47 Å². The monoisotopic (exact) mass is 200 g/mol. The van der Waals surface area contributed by atoms with Crippen LogP contribution in [0.4, 0.5) is 0 Å². The van der Waals surface area contributed by atoms with E-state index in [-0.39, 0.29) is 5.79 Å². The van der Waals surface area contributed by atoms with Gasteiger partial charge in [0.15, 0.2) is 5.79 Å². The van der Waals surface area contributed by atoms with Crippen molar-refractivity contribution in [1.82, 2.24) is 0 Å². The van der Waals surface area contributed by atoms with Crippen molar-refractivity contribution in [3.8, 4) is 0 Å². The first kappa shape index (κ1) is 12.0. The zero-order valence-corrected chi connectivity index (χ0v) is 9.84. The molecule has 2 nitrogen and oxygen atoms in total. The normalized spacial score (nSPS) is 20.6. The summed E-state index contributed by atoms with van der Waals surface area (Å²) in [5.41, 5.74) is 0. The molecule has 1 aliphatic heterocycles. The van der Waals surface area contributed by atoms with Gasteiger partial charge in [-0.3, -0.25) is 0 Å². The molecule has 0 aromatic heterocycles. The van der Waals surface area contributed by atoms with Crippen LogP contribution in [0.15, 0.2) is 0 Å². The minimum atomic E-state index is -0.233. The van der Waals surface area contributed by atoms with Crippen molar-refractivity contribution < 1.29 is 9.47 Å². The minimum Gasteiger partial charge on any atom is -0.348 e. The summed E-state index contributed by atoms with van der Waals surface area (Å²) in [5, 5.41) is 0. The Morgan fingerprint density at radius 2 is 1.79 bits per heavy atom. The molecule has 2 heteroatoms. The molecule has 1 saturated heterocycles. The smallest absolute Gasteiger partial charge is 0.168 e. The summed E-state index contributed by atoms with van der Waals surface area (Å²) in [7, 11) is 0. The van der Waals surface area contributed by atoms with E-state index >= 15 is 0 Å². The largest absolute Gasteiger partial charge is 0.348 e. The lowest BCUT2D eigenvalue weighted by Crippen LogP contribution is -2.31. The molecule has 0 radical (unpaired) electrons. The lowest BCUT2D eigenvalue weighted by Gasteiger charge is -2.29. The Labute approximate surface area is 88.0 Å². The van der Waals surface area contributed by atoms with Crippen LogP contribution in [0.1, 0.15) is 52.9 Å². The summed E-state index contributed by atoms with van der Waals surface area (Å²) < 4.78 is 11.6. The molecule has 0 saturated carbocycles. The predicted molar refractivity (Wildman–Crippen MR) is 58.2 cm³/mol. The maximum absolute atomic E-state index is 5.78. The average Bonchev–Trinajstić information content (AvgIpc) is 2.53. The first-order chi connectivity index (χ1) is 6.68. The topological polar surface area (TPSA) is 18.5 Å². The second-order valence-corrected chi connectivity index (χ2v) is 4.66. The highest BCUT2D eigenvalue weighted by atomic mass is 16.7. The van der Waals surface area contributed by atoms with Gasteiger partial charge in [0, 0.05) is 12.8 Å². The molecule has 0 spiro atoms. The molecule has 0 bridgehead atoms. The van der Waals surface area contributed by atoms with E-state index in [1.807, 2.05) is 0 Å². The standard InChI is InChI=1S/C12H24O2/c1-4-5-6-7-12(10-11(2)3)13-8-9-14-12/h11H,4-10H2,1-3H3. The quantitative estimate of drug-likeness (QED) is 0.612. The van der Waals surface area contributed by atoms with Crippen molar-refractivity contribution in [2.75, 3.05) is 13.2 Å². The highest BCUT2D eigenvalue weighted by Gasteiger charge is 2.36. The Hall–Kier alpha value is -0.0800. The fourth-order valence-corrected chi connectivity index (χ4v) is 2.13. The van der Waals surface area contributed by atoms with Gasteiger partial charge < -0.3 is 9.47 Å². The van der Waals surface area contributed by atoms with Gasteiger partial charge in [-0.1, -0.05) is 33.6 Å². The lowest BCUT2D eigenvalue weighted by atomic mass is 9.97. The van der Waals surface area contributed by atoms with Gasteiger partial charge in [0.2, 0.25) is 0 Å². The fraction of sp³-hybridized carbons (Fsp3) is 1.00. The summed E-state index contributed by atoms with van der Waals surface area (Å²) in [5.74, 6) is 0.415. The maximum atomic E-state index is 5.78. The highest BCUT2D eigenvalue weighted by molar-refractivity contribution is 4.75. The molecule has 1 heterocycles. The van der Waals surface area contributed by atoms with Gasteiger partial charge in [0.25, 0.3) is 0 Å². The van der Waals surface area contributed by atoms with E-state index in [1.165, 1.54) is 19.3 Å². The Balaban J connectivity index is 2.36. The SMILES string of the molecule is CCCCCC1(CC(C)C)OCCO1. The molecule has 84 valence electrons. The summed E-state index contributed by atoms with van der Waals surface area (Å²) in [6.07, 6.45) is 5.88. The molecule has 1 rings (SSSR count). The van der Waals surface area contributed by atoms with Crippen LogP contribution in [0.5, 0.6) is 0 Å². The van der Waals surface area contributed by atoms with Crippen molar-refractivity contribution in [2.45, 2.75) is 58.7 Å². The Kier molecular flexibility index (Phi) is 4.90. The van der Waals surface area contributed by atoms with E-state index in [0.717, 1.165) is 26.1 Å². The third-order valence-corrected chi connectivity index (χ3v) is 2.69. The van der Waals surface area contributed by atoms with Gasteiger partial charge in [-0.15, -0.1) is 0 Å². The number of unbranched alkanes of at least 4 members (excludes halogenated alkanes) is 2. The maximum Gasteiger partial charge on any atom is 0.168 e. The molecule has 14 heavy (non-hydrogen) atoms. The van der Waals surface area contributed by atoms with Crippen molar-refractivity contribution in [2.24, 2.45) is 5.92 Å². The van der Waals surface area contributed by atoms with Gasteiger partial charge in [0.1, 0.15) is 0 Å². The fourth-order valence-electron chi connectivity index (χ4n) is 2.13. The van der Waals surface area contributed by atoms with Crippen molar-refractivity contribution >= 4 is 0 Å². The van der Waals surface area contributed by atoms with Crippen LogP contribution in [0.25, 0.3) is 0 Å². The Morgan fingerprint density at radius 1 is 1.14 bits per heavy atom. The summed E-state index contributed by atoms with van der Waals surface area (Å²) in [6.45, 7) is 8.24. The molecule has 0 aliphatic carbocycles. The predicted octanol–water partition coefficient (Wildman–Crippen LogP) is 3.36. The third kappa shape index (κ3) is 3.58. The molecular weight excluding hydrogens is 176 g/mol. The average molecular weight is 200 g/mol. The Morgan fingerprint density at radius 3 is 2.29 bits per heavy atom. The highest BCUT2D eigenvalue weighted by Crippen LogP contribution is 2.32. The first-order valence-corrected chi connectivity index (χ1v) is 5.96. The minimum absolute atomic E-state index is 0.233. The van der Waals surface area contributed by atoms with Crippen molar-refractivity contribution in [3.63, 3.8) is 0 Å². The van der Waals surface area contributed by atoms with Crippen LogP contribution in [0.2, 0.25) is 0 Å². The Bertz CT molecular complexity index is 148. The molecule has 0 amide bonds. The number of hydrogen-bond donors (Lipinski definition) is 0. The van der Waals surface area contributed by atoms with E-state index in [2.05, 4.69) is 20.8 Å². The van der Waals surface area contributed by atoms with Gasteiger partial charge in [-0.25, -0.2) is 0 Å². The van der Waals surface area contributed by atoms with Gasteiger partial charge in [-0.05, 0) is 12.3 Å². The van der Waals surface area contributed by atoms with Crippen LogP contribution in [0, 0.1) is 5.92 Å². The molecule has 0 aromatic carbocycles. The van der Waals surface area contributed by atoms with E-state index in [9.17, 15) is 0 Å². The lowest BCUT2D eigenvalue weighted by molar-refractivity contribution is -0.173. The molecule has 0 N–H and O–H groups in total. The van der Waals surface area contributed by atoms with Crippen molar-refractivity contribution in [3.05, 3.63) is 0 Å². The van der Waals surface area contributed by atoms with Gasteiger partial charge >= 0.3 is 0 Å². The molecule has 1 aliphatic rings. The zero-order chi connectivity index (χ0) is 10.4. The van der Waals surface area contributed by atoms with Crippen LogP contribution in [-0.4, -0.2) is 19.0 Å². The van der Waals surface area contributed by atoms with E-state index in [0.29, 0.717) is 5.92 Å². The second kappa shape index (κ2) is 5.72. The molecule has 1 fully saturated rings. The summed E-state index contributed by atoms with van der Waals surface area (Å²) >= 11 is 0. The van der Waals surface area contributed by atoms with Gasteiger partial charge in [0.05, 0.1) is 13.2 Å². The number of rotatable bonds is 6. The molecule has 0 atom stereocenters. The van der Waals surface area contributed by atoms with E-state index < -0.39 is 0 Å². The molecule has 0 unspecified atom stereocenters. The van der Waals surface area contributed by atoms with Crippen molar-refractivity contribution in [1.29, 1.82) is 0 Å². The zero-order valence-electron chi connectivity index (χ0n) is 9.84. The second-order valence-electron chi connectivity index (χ2n) is 4.66. The third-order valence-electron chi connectivity index (χ3n) is 2.69. The molecule has 0 aromatic rings. The molecular formula is C12H24O2. The van der Waals surface area contributed by atoms with Crippen LogP contribution >= 0.6 is 0 Å². The number of ether oxygens (including phenoxy) is 2. The van der Waals surface area contributed by atoms with Crippen LogP contribution in [0.3, 0.4) is 0 Å². The van der Waals surface area contributed by atoms with Crippen LogP contribution in [-0.2, 0) is 9.47 Å². The summed E-state index contributed by atoms with van der Waals surface area (Å²) in [6, 6.07) is 0. The summed E-state index contributed by atoms with van der Waals surface area (Å²) in [4.78, 5) is 0. The van der Waals surface area contributed by atoms with E-state index in [1.54, 1.807) is 0 Å². The first-order valence-electron chi connectivity index (χ1n) is 5.96. The number of hydrogen-bond acceptors (Lipinski definition) is 2. The van der Waals surface area contributed by atoms with Gasteiger partial charge in [-0.2, -0.15) is 0 Å².